The van der Waals surface area contributed by atoms with E-state index in [0.717, 1.165) is 0 Å². The van der Waals surface area contributed by atoms with Crippen LogP contribution in [0.3, 0.4) is 0 Å². The maximum Gasteiger partial charge on any atom is 0.310 e. The SMILES string of the molecule is CCN(C(=O)c1cnc(C(=O)NO)n1C)c1cccnc1. The van der Waals surface area contributed by atoms with E-state index in [0.29, 0.717) is 12.2 Å². The number of carbonyl (C=O) groups is 2. The first kappa shape index (κ1) is 14.7. The topological polar surface area (TPSA) is 100 Å². The van der Waals surface area contributed by atoms with Crippen LogP contribution in [0.5, 0.6) is 0 Å². The molecular weight excluding hydrogens is 274 g/mol. The van der Waals surface area contributed by atoms with E-state index in [9.17, 15) is 9.59 Å². The van der Waals surface area contributed by atoms with Crippen LogP contribution in [-0.4, -0.2) is 38.1 Å². The zero-order valence-electron chi connectivity index (χ0n) is 11.6. The molecule has 0 aromatic carbocycles. The molecule has 0 aliphatic rings. The molecule has 0 saturated heterocycles. The standard InChI is InChI=1S/C13H15N5O3/c1-3-18(9-5-4-6-14-7-9)13(20)10-8-15-11(17(10)2)12(19)16-21/h4-8,21H,3H2,1-2H3,(H,16,19). The van der Waals surface area contributed by atoms with E-state index in [1.807, 2.05) is 6.92 Å². The Hall–Kier alpha value is -2.74. The van der Waals surface area contributed by atoms with Gasteiger partial charge in [0.25, 0.3) is 5.91 Å². The van der Waals surface area contributed by atoms with Gasteiger partial charge in [0.2, 0.25) is 5.82 Å². The molecule has 0 atom stereocenters. The fourth-order valence-electron chi connectivity index (χ4n) is 1.96. The van der Waals surface area contributed by atoms with Crippen molar-refractivity contribution in [2.24, 2.45) is 7.05 Å². The molecule has 2 aromatic heterocycles. The van der Waals surface area contributed by atoms with Crippen LogP contribution in [0.1, 0.15) is 28.0 Å². The lowest BCUT2D eigenvalue weighted by atomic mass is 10.3. The van der Waals surface area contributed by atoms with Crippen molar-refractivity contribution < 1.29 is 14.8 Å². The van der Waals surface area contributed by atoms with E-state index in [4.69, 9.17) is 5.21 Å². The first-order valence-corrected chi connectivity index (χ1v) is 6.28. The molecular formula is C13H15N5O3. The first-order chi connectivity index (χ1) is 10.1. The molecule has 110 valence electrons. The zero-order valence-corrected chi connectivity index (χ0v) is 11.6. The predicted octanol–water partition coefficient (Wildman–Crippen LogP) is 0.601. The number of aromatic nitrogens is 3. The Labute approximate surface area is 121 Å². The van der Waals surface area contributed by atoms with Crippen LogP contribution in [0.4, 0.5) is 5.69 Å². The Balaban J connectivity index is 2.35. The van der Waals surface area contributed by atoms with Crippen molar-refractivity contribution in [1.82, 2.24) is 20.0 Å². The van der Waals surface area contributed by atoms with Crippen molar-refractivity contribution in [3.63, 3.8) is 0 Å². The average Bonchev–Trinajstić information content (AvgIpc) is 2.90. The third kappa shape index (κ3) is 2.75. The highest BCUT2D eigenvalue weighted by atomic mass is 16.5. The Kier molecular flexibility index (Phi) is 4.29. The molecule has 0 unspecified atom stereocenters. The number of hydrogen-bond donors (Lipinski definition) is 2. The minimum atomic E-state index is -0.777. The smallest absolute Gasteiger partial charge is 0.310 e. The van der Waals surface area contributed by atoms with Gasteiger partial charge >= 0.3 is 5.91 Å². The summed E-state index contributed by atoms with van der Waals surface area (Å²) in [5, 5.41) is 8.64. The monoisotopic (exact) mass is 289 g/mol. The van der Waals surface area contributed by atoms with Crippen molar-refractivity contribution in [3.8, 4) is 0 Å². The van der Waals surface area contributed by atoms with E-state index in [2.05, 4.69) is 9.97 Å². The van der Waals surface area contributed by atoms with Crippen LogP contribution in [0, 0.1) is 0 Å². The summed E-state index contributed by atoms with van der Waals surface area (Å²) >= 11 is 0. The maximum atomic E-state index is 12.6. The largest absolute Gasteiger partial charge is 0.319 e. The average molecular weight is 289 g/mol. The zero-order chi connectivity index (χ0) is 15.4. The number of hydrogen-bond acceptors (Lipinski definition) is 5. The van der Waals surface area contributed by atoms with Crippen LogP contribution in [0.2, 0.25) is 0 Å². The summed E-state index contributed by atoms with van der Waals surface area (Å²) in [6.07, 6.45) is 4.50. The van der Waals surface area contributed by atoms with Crippen LogP contribution >= 0.6 is 0 Å². The third-order valence-corrected chi connectivity index (χ3v) is 3.03. The van der Waals surface area contributed by atoms with Crippen molar-refractivity contribution in [1.29, 1.82) is 0 Å². The van der Waals surface area contributed by atoms with Gasteiger partial charge in [-0.1, -0.05) is 0 Å². The summed E-state index contributed by atoms with van der Waals surface area (Å²) in [7, 11) is 1.53. The lowest BCUT2D eigenvalue weighted by molar-refractivity contribution is 0.0691. The van der Waals surface area contributed by atoms with Crippen LogP contribution < -0.4 is 10.4 Å². The number of rotatable bonds is 4. The molecule has 0 radical (unpaired) electrons. The minimum Gasteiger partial charge on any atom is -0.319 e. The number of hydroxylamine groups is 1. The second-order valence-corrected chi connectivity index (χ2v) is 4.23. The van der Waals surface area contributed by atoms with Gasteiger partial charge in [-0.2, -0.15) is 0 Å². The molecule has 2 aromatic rings. The van der Waals surface area contributed by atoms with E-state index < -0.39 is 5.91 Å². The summed E-state index contributed by atoms with van der Waals surface area (Å²) < 4.78 is 1.33. The number of amides is 2. The molecule has 0 spiro atoms. The van der Waals surface area contributed by atoms with Gasteiger partial charge in [-0.3, -0.25) is 19.8 Å². The van der Waals surface area contributed by atoms with Gasteiger partial charge < -0.3 is 9.47 Å². The van der Waals surface area contributed by atoms with Gasteiger partial charge in [0, 0.05) is 19.8 Å². The maximum absolute atomic E-state index is 12.6. The summed E-state index contributed by atoms with van der Waals surface area (Å²) in [5.74, 6) is -1.14. The Morgan fingerprint density at radius 1 is 1.43 bits per heavy atom. The molecule has 0 saturated carbocycles. The van der Waals surface area contributed by atoms with Gasteiger partial charge in [-0.05, 0) is 19.1 Å². The molecule has 2 rings (SSSR count). The van der Waals surface area contributed by atoms with Crippen LogP contribution in [0.15, 0.2) is 30.7 Å². The molecule has 2 heterocycles. The number of nitrogens with zero attached hydrogens (tertiary/aromatic N) is 4. The molecule has 21 heavy (non-hydrogen) atoms. The normalized spacial score (nSPS) is 10.2. The number of pyridine rings is 1. The minimum absolute atomic E-state index is 0.0527. The summed E-state index contributed by atoms with van der Waals surface area (Å²) in [6, 6.07) is 3.51. The van der Waals surface area contributed by atoms with E-state index in [-0.39, 0.29) is 17.4 Å². The highest BCUT2D eigenvalue weighted by Crippen LogP contribution is 2.16. The van der Waals surface area contributed by atoms with Crippen molar-refractivity contribution in [2.45, 2.75) is 6.92 Å². The second kappa shape index (κ2) is 6.14. The Morgan fingerprint density at radius 3 is 2.76 bits per heavy atom. The number of nitrogens with one attached hydrogen (secondary N) is 1. The molecule has 0 bridgehead atoms. The van der Waals surface area contributed by atoms with Gasteiger partial charge in [-0.15, -0.1) is 0 Å². The lowest BCUT2D eigenvalue weighted by Gasteiger charge is -2.20. The van der Waals surface area contributed by atoms with E-state index in [1.54, 1.807) is 24.5 Å². The molecule has 8 heteroatoms. The van der Waals surface area contributed by atoms with Gasteiger partial charge in [0.05, 0.1) is 18.1 Å². The summed E-state index contributed by atoms with van der Waals surface area (Å²) in [5.41, 5.74) is 2.38. The fourth-order valence-corrected chi connectivity index (χ4v) is 1.96. The molecule has 0 aliphatic carbocycles. The highest BCUT2D eigenvalue weighted by molar-refractivity contribution is 6.05. The molecule has 8 nitrogen and oxygen atoms in total. The second-order valence-electron chi connectivity index (χ2n) is 4.23. The fraction of sp³-hybridized carbons (Fsp3) is 0.231. The van der Waals surface area contributed by atoms with Crippen molar-refractivity contribution in [3.05, 3.63) is 42.2 Å². The number of imidazole rings is 1. The van der Waals surface area contributed by atoms with Gasteiger partial charge in [0.1, 0.15) is 5.69 Å². The van der Waals surface area contributed by atoms with Gasteiger partial charge in [0.15, 0.2) is 0 Å². The van der Waals surface area contributed by atoms with E-state index in [1.165, 1.54) is 28.2 Å². The lowest BCUT2D eigenvalue weighted by Crippen LogP contribution is -2.32. The molecule has 0 aliphatic heterocycles. The Bertz CT molecular complexity index is 653. The summed E-state index contributed by atoms with van der Waals surface area (Å²) in [6.45, 7) is 2.28. The van der Waals surface area contributed by atoms with Crippen molar-refractivity contribution in [2.75, 3.05) is 11.4 Å². The van der Waals surface area contributed by atoms with Crippen molar-refractivity contribution >= 4 is 17.5 Å². The van der Waals surface area contributed by atoms with E-state index >= 15 is 0 Å². The van der Waals surface area contributed by atoms with Crippen LogP contribution in [0.25, 0.3) is 0 Å². The van der Waals surface area contributed by atoms with Crippen LogP contribution in [-0.2, 0) is 7.05 Å². The number of anilines is 1. The molecule has 2 N–H and O–H groups in total. The van der Waals surface area contributed by atoms with Gasteiger partial charge in [-0.25, -0.2) is 10.5 Å². The Morgan fingerprint density at radius 2 is 2.19 bits per heavy atom. The summed E-state index contributed by atoms with van der Waals surface area (Å²) in [4.78, 5) is 33.3. The quantitative estimate of drug-likeness (QED) is 0.634. The third-order valence-electron chi connectivity index (χ3n) is 3.03. The number of carbonyl (C=O) groups excluding carboxylic acids is 2. The molecule has 2 amide bonds. The first-order valence-electron chi connectivity index (χ1n) is 6.28. The predicted molar refractivity (Wildman–Crippen MR) is 74.0 cm³/mol. The highest BCUT2D eigenvalue weighted by Gasteiger charge is 2.23. The molecule has 0 fully saturated rings.